The first-order valence-corrected chi connectivity index (χ1v) is 9.44. The van der Waals surface area contributed by atoms with E-state index < -0.39 is 0 Å². The Balaban J connectivity index is 0.00000171. The normalized spacial score (nSPS) is 13.4. The molecule has 31 heavy (non-hydrogen) atoms. The maximum absolute atomic E-state index is 12.5. The van der Waals surface area contributed by atoms with E-state index in [1.54, 1.807) is 59.7 Å². The van der Waals surface area contributed by atoms with E-state index in [-0.39, 0.29) is 48.4 Å². The fraction of sp³-hybridized carbons (Fsp3) is 0.250. The summed E-state index contributed by atoms with van der Waals surface area (Å²) in [6.07, 6.45) is 6.79. The van der Waals surface area contributed by atoms with Gasteiger partial charge in [-0.05, 0) is 56.3 Å². The number of benzene rings is 1. The van der Waals surface area contributed by atoms with E-state index in [9.17, 15) is 9.59 Å². The van der Waals surface area contributed by atoms with Gasteiger partial charge in [-0.1, -0.05) is 11.3 Å². The third-order valence-corrected chi connectivity index (χ3v) is 4.75. The molecule has 3 N–H and O–H groups in total. The molecule has 9 nitrogen and oxygen atoms in total. The topological polar surface area (TPSA) is 114 Å². The number of carbonyl (C=O) groups excluding carboxylic acids is 2. The molecule has 11 heteroatoms. The zero-order valence-electron chi connectivity index (χ0n) is 16.5. The minimum atomic E-state index is -0.364. The first-order valence-electron chi connectivity index (χ1n) is 9.44. The number of anilines is 2. The molecule has 0 spiro atoms. The van der Waals surface area contributed by atoms with Crippen molar-refractivity contribution in [3.8, 4) is 0 Å². The Hall–Kier alpha value is -3.01. The summed E-state index contributed by atoms with van der Waals surface area (Å²) in [6.45, 7) is 1.86. The summed E-state index contributed by atoms with van der Waals surface area (Å²) in [4.78, 5) is 28.9. The summed E-state index contributed by atoms with van der Waals surface area (Å²) in [5.74, 6) is -0.638. The molecule has 1 aromatic carbocycles. The van der Waals surface area contributed by atoms with Crippen LogP contribution < -0.4 is 16.0 Å². The molecule has 0 atom stereocenters. The van der Waals surface area contributed by atoms with Crippen molar-refractivity contribution in [1.82, 2.24) is 25.3 Å². The molecule has 0 saturated carbocycles. The number of amides is 2. The summed E-state index contributed by atoms with van der Waals surface area (Å²) < 4.78 is 1.76. The standard InChI is InChI=1S/C20H21N7O2.2ClH/c28-19(23-15-4-8-21-9-5-15)14-2-1-3-16(12-14)24-20(29)18-13-27(26-25-18)17-6-10-22-11-7-17;;/h1-5,8-9,12-13,17,22H,6-7,10-11H2,(H,24,29)(H,21,23,28);2*1H. The number of rotatable bonds is 5. The average Bonchev–Trinajstić information content (AvgIpc) is 3.26. The number of piperidine rings is 1. The lowest BCUT2D eigenvalue weighted by Gasteiger charge is -2.22. The number of hydrogen-bond acceptors (Lipinski definition) is 6. The van der Waals surface area contributed by atoms with Crippen LogP contribution in [0.4, 0.5) is 11.4 Å². The van der Waals surface area contributed by atoms with Gasteiger partial charge in [0.1, 0.15) is 0 Å². The van der Waals surface area contributed by atoms with Crippen LogP contribution in [0.5, 0.6) is 0 Å². The Kier molecular flexibility index (Phi) is 8.92. The van der Waals surface area contributed by atoms with Crippen molar-refractivity contribution in [3.05, 3.63) is 66.2 Å². The first-order chi connectivity index (χ1) is 14.2. The second kappa shape index (κ2) is 11.4. The molecular formula is C20H23Cl2N7O2. The van der Waals surface area contributed by atoms with E-state index in [4.69, 9.17) is 0 Å². The highest BCUT2D eigenvalue weighted by Gasteiger charge is 2.19. The van der Waals surface area contributed by atoms with Gasteiger partial charge in [-0.25, -0.2) is 4.68 Å². The average molecular weight is 464 g/mol. The van der Waals surface area contributed by atoms with E-state index in [1.165, 1.54) is 0 Å². The van der Waals surface area contributed by atoms with Crippen LogP contribution >= 0.6 is 24.8 Å². The van der Waals surface area contributed by atoms with E-state index in [0.29, 0.717) is 16.9 Å². The van der Waals surface area contributed by atoms with E-state index in [1.807, 2.05) is 0 Å². The van der Waals surface area contributed by atoms with Gasteiger partial charge in [0, 0.05) is 29.3 Å². The van der Waals surface area contributed by atoms with Gasteiger partial charge in [0.15, 0.2) is 5.69 Å². The quantitative estimate of drug-likeness (QED) is 0.535. The van der Waals surface area contributed by atoms with Crippen LogP contribution in [0.25, 0.3) is 0 Å². The Labute approximate surface area is 191 Å². The maximum Gasteiger partial charge on any atom is 0.277 e. The molecule has 164 valence electrons. The van der Waals surface area contributed by atoms with Gasteiger partial charge in [0.25, 0.3) is 11.8 Å². The lowest BCUT2D eigenvalue weighted by Crippen LogP contribution is -2.29. The molecule has 1 fully saturated rings. The number of nitrogens with zero attached hydrogens (tertiary/aromatic N) is 4. The second-order valence-corrected chi connectivity index (χ2v) is 6.79. The molecule has 0 radical (unpaired) electrons. The van der Waals surface area contributed by atoms with E-state index in [2.05, 4.69) is 31.2 Å². The molecule has 4 rings (SSSR count). The smallest absolute Gasteiger partial charge is 0.277 e. The summed E-state index contributed by atoms with van der Waals surface area (Å²) in [6, 6.07) is 10.4. The maximum atomic E-state index is 12.5. The number of pyridine rings is 1. The number of hydrogen-bond donors (Lipinski definition) is 3. The van der Waals surface area contributed by atoms with Crippen LogP contribution in [0, 0.1) is 0 Å². The summed E-state index contributed by atoms with van der Waals surface area (Å²) in [5.41, 5.74) is 1.83. The minimum absolute atomic E-state index is 0. The predicted molar refractivity (Wildman–Crippen MR) is 122 cm³/mol. The molecule has 1 saturated heterocycles. The highest BCUT2D eigenvalue weighted by atomic mass is 35.5. The van der Waals surface area contributed by atoms with Crippen molar-refractivity contribution in [2.75, 3.05) is 23.7 Å². The molecule has 1 aliphatic heterocycles. The lowest BCUT2D eigenvalue weighted by molar-refractivity contribution is 0.101. The second-order valence-electron chi connectivity index (χ2n) is 6.79. The zero-order chi connectivity index (χ0) is 20.1. The van der Waals surface area contributed by atoms with Crippen LogP contribution in [0.3, 0.4) is 0 Å². The first kappa shape index (κ1) is 24.3. The van der Waals surface area contributed by atoms with Crippen molar-refractivity contribution in [1.29, 1.82) is 0 Å². The third kappa shape index (κ3) is 6.24. The van der Waals surface area contributed by atoms with Crippen molar-refractivity contribution in [2.45, 2.75) is 18.9 Å². The Morgan fingerprint density at radius 2 is 1.68 bits per heavy atom. The molecular weight excluding hydrogens is 441 g/mol. The molecule has 0 bridgehead atoms. The van der Waals surface area contributed by atoms with E-state index in [0.717, 1.165) is 25.9 Å². The molecule has 2 aromatic heterocycles. The molecule has 0 aliphatic carbocycles. The molecule has 0 unspecified atom stereocenters. The molecule has 3 aromatic rings. The Morgan fingerprint density at radius 1 is 0.968 bits per heavy atom. The van der Waals surface area contributed by atoms with Gasteiger partial charge in [0.05, 0.1) is 12.2 Å². The summed E-state index contributed by atoms with van der Waals surface area (Å²) >= 11 is 0. The van der Waals surface area contributed by atoms with Crippen LogP contribution in [0.2, 0.25) is 0 Å². The van der Waals surface area contributed by atoms with Crippen LogP contribution in [0.1, 0.15) is 39.7 Å². The number of nitrogens with one attached hydrogen (secondary N) is 3. The van der Waals surface area contributed by atoms with Crippen molar-refractivity contribution in [3.63, 3.8) is 0 Å². The minimum Gasteiger partial charge on any atom is -0.322 e. The highest BCUT2D eigenvalue weighted by Crippen LogP contribution is 2.18. The predicted octanol–water partition coefficient (Wildman–Crippen LogP) is 2.95. The molecule has 1 aliphatic rings. The molecule has 3 heterocycles. The fourth-order valence-corrected chi connectivity index (χ4v) is 3.20. The fourth-order valence-electron chi connectivity index (χ4n) is 3.20. The van der Waals surface area contributed by atoms with Gasteiger partial charge in [-0.3, -0.25) is 14.6 Å². The summed E-state index contributed by atoms with van der Waals surface area (Å²) in [5, 5.41) is 17.0. The van der Waals surface area contributed by atoms with E-state index >= 15 is 0 Å². The SMILES string of the molecule is Cl.Cl.O=C(Nc1ccncc1)c1cccc(NC(=O)c2cn(C3CCNCC3)nn2)c1. The van der Waals surface area contributed by atoms with Crippen molar-refractivity contribution in [2.24, 2.45) is 0 Å². The van der Waals surface area contributed by atoms with Gasteiger partial charge < -0.3 is 16.0 Å². The largest absolute Gasteiger partial charge is 0.322 e. The zero-order valence-corrected chi connectivity index (χ0v) is 18.2. The third-order valence-electron chi connectivity index (χ3n) is 4.75. The van der Waals surface area contributed by atoms with Crippen LogP contribution in [0.15, 0.2) is 55.0 Å². The van der Waals surface area contributed by atoms with Gasteiger partial charge >= 0.3 is 0 Å². The Morgan fingerprint density at radius 3 is 2.42 bits per heavy atom. The monoisotopic (exact) mass is 463 g/mol. The highest BCUT2D eigenvalue weighted by molar-refractivity contribution is 6.06. The van der Waals surface area contributed by atoms with Crippen molar-refractivity contribution < 1.29 is 9.59 Å². The number of carbonyl (C=O) groups is 2. The lowest BCUT2D eigenvalue weighted by atomic mass is 10.1. The van der Waals surface area contributed by atoms with Crippen LogP contribution in [-0.4, -0.2) is 44.9 Å². The van der Waals surface area contributed by atoms with Gasteiger partial charge in [0.2, 0.25) is 0 Å². The number of aromatic nitrogens is 4. The van der Waals surface area contributed by atoms with Gasteiger partial charge in [-0.15, -0.1) is 29.9 Å². The summed E-state index contributed by atoms with van der Waals surface area (Å²) in [7, 11) is 0. The van der Waals surface area contributed by atoms with Crippen molar-refractivity contribution >= 4 is 48.0 Å². The molecule has 2 amide bonds. The van der Waals surface area contributed by atoms with Gasteiger partial charge in [-0.2, -0.15) is 0 Å². The van der Waals surface area contributed by atoms with Crippen LogP contribution in [-0.2, 0) is 0 Å². The Bertz CT molecular complexity index is 1010. The number of halogens is 2.